The lowest BCUT2D eigenvalue weighted by atomic mass is 10.1. The van der Waals surface area contributed by atoms with Crippen LogP contribution in [0.3, 0.4) is 0 Å². The van der Waals surface area contributed by atoms with Gasteiger partial charge in [0.25, 0.3) is 11.8 Å². The number of benzene rings is 2. The number of nitrogens with two attached hydrogens (primary N) is 1. The predicted molar refractivity (Wildman–Crippen MR) is 122 cm³/mol. The number of carbonyl (C=O) groups is 3. The van der Waals surface area contributed by atoms with Crippen molar-refractivity contribution in [2.45, 2.75) is 6.42 Å². The van der Waals surface area contributed by atoms with Crippen molar-refractivity contribution in [2.24, 2.45) is 5.73 Å². The van der Waals surface area contributed by atoms with E-state index in [1.807, 2.05) is 30.5 Å². The van der Waals surface area contributed by atoms with Crippen LogP contribution in [0.25, 0.3) is 10.9 Å². The Labute approximate surface area is 191 Å². The Morgan fingerprint density at radius 3 is 2.45 bits per heavy atom. The molecule has 4 rings (SSSR count). The number of para-hydroxylation sites is 1. The zero-order valence-corrected chi connectivity index (χ0v) is 18.4. The highest BCUT2D eigenvalue weighted by atomic mass is 16.5. The van der Waals surface area contributed by atoms with E-state index >= 15 is 0 Å². The number of amides is 3. The molecule has 1 fully saturated rings. The van der Waals surface area contributed by atoms with Crippen LogP contribution in [0.1, 0.15) is 15.9 Å². The number of fused-ring (bicyclic) bond motifs is 1. The largest absolute Gasteiger partial charge is 0.493 e. The summed E-state index contributed by atoms with van der Waals surface area (Å²) in [5.41, 5.74) is 7.53. The molecule has 0 unspecified atom stereocenters. The number of H-pyrrole nitrogens is 1. The van der Waals surface area contributed by atoms with Crippen molar-refractivity contribution >= 4 is 28.6 Å². The molecule has 0 spiro atoms. The van der Waals surface area contributed by atoms with E-state index in [0.717, 1.165) is 16.5 Å². The molecule has 0 radical (unpaired) electrons. The van der Waals surface area contributed by atoms with Gasteiger partial charge in [0.1, 0.15) is 0 Å². The third kappa shape index (κ3) is 4.92. The first-order chi connectivity index (χ1) is 16.0. The van der Waals surface area contributed by atoms with Crippen LogP contribution in [0.15, 0.2) is 48.7 Å². The Morgan fingerprint density at radius 1 is 1.00 bits per heavy atom. The fourth-order valence-corrected chi connectivity index (χ4v) is 3.96. The smallest absolute Gasteiger partial charge is 0.255 e. The van der Waals surface area contributed by atoms with E-state index in [1.165, 1.54) is 7.11 Å². The Bertz CT molecular complexity index is 1180. The quantitative estimate of drug-likeness (QED) is 0.567. The van der Waals surface area contributed by atoms with E-state index < -0.39 is 5.91 Å². The molecule has 2 heterocycles. The molecule has 3 N–H and O–H groups in total. The van der Waals surface area contributed by atoms with Gasteiger partial charge in [-0.25, -0.2) is 0 Å². The SMILES string of the molecule is COc1cc(C(=O)N2CCN(C(=O)Cc3c[nH]c4ccccc34)CC2)ccc1OCC(N)=O. The van der Waals surface area contributed by atoms with Crippen LogP contribution in [0, 0.1) is 0 Å². The molecular formula is C24H26N4O5. The lowest BCUT2D eigenvalue weighted by Gasteiger charge is -2.35. The summed E-state index contributed by atoms with van der Waals surface area (Å²) >= 11 is 0. The van der Waals surface area contributed by atoms with E-state index in [-0.39, 0.29) is 18.4 Å². The number of nitrogens with zero attached hydrogens (tertiary/aromatic N) is 2. The first kappa shape index (κ1) is 22.2. The summed E-state index contributed by atoms with van der Waals surface area (Å²) in [5, 5.41) is 1.05. The summed E-state index contributed by atoms with van der Waals surface area (Å²) in [7, 11) is 1.46. The molecule has 1 aromatic heterocycles. The summed E-state index contributed by atoms with van der Waals surface area (Å²) in [5.74, 6) is -0.0348. The number of aromatic nitrogens is 1. The molecule has 0 atom stereocenters. The summed E-state index contributed by atoms with van der Waals surface area (Å²) in [4.78, 5) is 43.5. The fraction of sp³-hybridized carbons (Fsp3) is 0.292. The maximum Gasteiger partial charge on any atom is 0.255 e. The minimum atomic E-state index is -0.602. The van der Waals surface area contributed by atoms with Gasteiger partial charge in [0.05, 0.1) is 13.5 Å². The molecule has 9 nitrogen and oxygen atoms in total. The third-order valence-electron chi connectivity index (χ3n) is 5.72. The van der Waals surface area contributed by atoms with Crippen LogP contribution in [0.2, 0.25) is 0 Å². The van der Waals surface area contributed by atoms with E-state index in [0.29, 0.717) is 49.7 Å². The van der Waals surface area contributed by atoms with Gasteiger partial charge in [0, 0.05) is 48.8 Å². The standard InChI is InChI=1S/C24H26N4O5/c1-32-21-12-16(6-7-20(21)33-15-22(25)29)24(31)28-10-8-27(9-11-28)23(30)13-17-14-26-19-5-3-2-4-18(17)19/h2-7,12,14,26H,8-11,13,15H2,1H3,(H2,25,29). The molecule has 1 saturated heterocycles. The van der Waals surface area contributed by atoms with Gasteiger partial charge in [0.15, 0.2) is 18.1 Å². The molecule has 1 aliphatic heterocycles. The van der Waals surface area contributed by atoms with Gasteiger partial charge in [-0.2, -0.15) is 0 Å². The number of aromatic amines is 1. The third-order valence-corrected chi connectivity index (χ3v) is 5.72. The molecule has 0 saturated carbocycles. The molecule has 9 heteroatoms. The fourth-order valence-electron chi connectivity index (χ4n) is 3.96. The van der Waals surface area contributed by atoms with E-state index in [2.05, 4.69) is 4.98 Å². The van der Waals surface area contributed by atoms with Crippen molar-refractivity contribution < 1.29 is 23.9 Å². The minimum absolute atomic E-state index is 0.0458. The number of hydrogen-bond acceptors (Lipinski definition) is 5. The Morgan fingerprint density at radius 2 is 1.73 bits per heavy atom. The molecule has 33 heavy (non-hydrogen) atoms. The zero-order chi connectivity index (χ0) is 23.4. The van der Waals surface area contributed by atoms with Crippen molar-refractivity contribution in [3.8, 4) is 11.5 Å². The van der Waals surface area contributed by atoms with Crippen molar-refractivity contribution in [2.75, 3.05) is 39.9 Å². The molecule has 3 aromatic rings. The summed E-state index contributed by atoms with van der Waals surface area (Å²) < 4.78 is 10.6. The Hall–Kier alpha value is -4.01. The molecular weight excluding hydrogens is 424 g/mol. The number of primary amides is 1. The van der Waals surface area contributed by atoms with E-state index in [4.69, 9.17) is 15.2 Å². The predicted octanol–water partition coefficient (Wildman–Crippen LogP) is 1.57. The lowest BCUT2D eigenvalue weighted by molar-refractivity contribution is -0.131. The second kappa shape index (κ2) is 9.64. The number of methoxy groups -OCH3 is 1. The maximum absolute atomic E-state index is 13.0. The van der Waals surface area contributed by atoms with E-state index in [1.54, 1.807) is 28.0 Å². The summed E-state index contributed by atoms with van der Waals surface area (Å²) in [6.45, 7) is 1.56. The van der Waals surface area contributed by atoms with Crippen LogP contribution < -0.4 is 15.2 Å². The van der Waals surface area contributed by atoms with Crippen molar-refractivity contribution in [3.05, 3.63) is 59.8 Å². The highest BCUT2D eigenvalue weighted by Gasteiger charge is 2.26. The van der Waals surface area contributed by atoms with Gasteiger partial charge in [0.2, 0.25) is 5.91 Å². The number of nitrogens with one attached hydrogen (secondary N) is 1. The molecule has 3 amide bonds. The van der Waals surface area contributed by atoms with E-state index in [9.17, 15) is 14.4 Å². The molecule has 172 valence electrons. The van der Waals surface area contributed by atoms with Gasteiger partial charge in [-0.05, 0) is 29.8 Å². The van der Waals surface area contributed by atoms with Crippen LogP contribution >= 0.6 is 0 Å². The molecule has 2 aromatic carbocycles. The Balaban J connectivity index is 1.35. The second-order valence-electron chi connectivity index (χ2n) is 7.83. The Kier molecular flexibility index (Phi) is 6.48. The first-order valence-corrected chi connectivity index (χ1v) is 10.7. The van der Waals surface area contributed by atoms with Gasteiger partial charge in [-0.1, -0.05) is 18.2 Å². The van der Waals surface area contributed by atoms with Crippen LogP contribution in [0.5, 0.6) is 11.5 Å². The highest BCUT2D eigenvalue weighted by molar-refractivity contribution is 5.95. The molecule has 0 bridgehead atoms. The maximum atomic E-state index is 13.0. The number of rotatable bonds is 7. The van der Waals surface area contributed by atoms with Gasteiger partial charge < -0.3 is 30.0 Å². The first-order valence-electron chi connectivity index (χ1n) is 10.7. The number of piperazine rings is 1. The molecule has 1 aliphatic rings. The highest BCUT2D eigenvalue weighted by Crippen LogP contribution is 2.29. The zero-order valence-electron chi connectivity index (χ0n) is 18.4. The number of hydrogen-bond donors (Lipinski definition) is 2. The average Bonchev–Trinajstić information content (AvgIpc) is 3.25. The van der Waals surface area contributed by atoms with Crippen molar-refractivity contribution in [3.63, 3.8) is 0 Å². The second-order valence-corrected chi connectivity index (χ2v) is 7.83. The monoisotopic (exact) mass is 450 g/mol. The summed E-state index contributed by atoms with van der Waals surface area (Å²) in [6.07, 6.45) is 2.20. The number of ether oxygens (including phenoxy) is 2. The van der Waals surface area contributed by atoms with Crippen LogP contribution in [-0.2, 0) is 16.0 Å². The average molecular weight is 450 g/mol. The summed E-state index contributed by atoms with van der Waals surface area (Å²) in [6, 6.07) is 12.7. The minimum Gasteiger partial charge on any atom is -0.493 e. The molecule has 0 aliphatic carbocycles. The van der Waals surface area contributed by atoms with Crippen molar-refractivity contribution in [1.82, 2.24) is 14.8 Å². The van der Waals surface area contributed by atoms with Gasteiger partial charge in [-0.3, -0.25) is 14.4 Å². The number of carbonyl (C=O) groups excluding carboxylic acids is 3. The topological polar surface area (TPSA) is 118 Å². The normalized spacial score (nSPS) is 13.7. The van der Waals surface area contributed by atoms with Crippen LogP contribution in [-0.4, -0.2) is 72.4 Å². The lowest BCUT2D eigenvalue weighted by Crippen LogP contribution is -2.51. The van der Waals surface area contributed by atoms with Gasteiger partial charge in [-0.15, -0.1) is 0 Å². The van der Waals surface area contributed by atoms with Crippen molar-refractivity contribution in [1.29, 1.82) is 0 Å². The van der Waals surface area contributed by atoms with Crippen LogP contribution in [0.4, 0.5) is 0 Å². The van der Waals surface area contributed by atoms with Gasteiger partial charge >= 0.3 is 0 Å².